The number of amides is 1. The van der Waals surface area contributed by atoms with Crippen molar-refractivity contribution in [2.75, 3.05) is 12.8 Å². The number of hydrogen-bond acceptors (Lipinski definition) is 3. The first kappa shape index (κ1) is 17.4. The molecule has 0 radical (unpaired) electrons. The number of benzene rings is 1. The molecule has 1 aromatic carbocycles. The van der Waals surface area contributed by atoms with E-state index in [1.807, 2.05) is 0 Å². The summed E-state index contributed by atoms with van der Waals surface area (Å²) >= 11 is 0. The highest BCUT2D eigenvalue weighted by molar-refractivity contribution is 7.92. The lowest BCUT2D eigenvalue weighted by Gasteiger charge is -2.21. The van der Waals surface area contributed by atoms with E-state index in [2.05, 4.69) is 0 Å². The molecule has 0 heterocycles. The maximum Gasteiger partial charge on any atom is 0.240 e. The molecule has 0 N–H and O–H groups in total. The predicted molar refractivity (Wildman–Crippen MR) is 80.9 cm³/mol. The summed E-state index contributed by atoms with van der Waals surface area (Å²) in [5, 5.41) is -1.12. The molecule has 0 bridgehead atoms. The van der Waals surface area contributed by atoms with Gasteiger partial charge in [-0.15, -0.1) is 0 Å². The van der Waals surface area contributed by atoms with E-state index >= 15 is 0 Å². The second-order valence-electron chi connectivity index (χ2n) is 4.87. The van der Waals surface area contributed by atoms with Crippen molar-refractivity contribution < 1.29 is 17.6 Å². The zero-order valence-electron chi connectivity index (χ0n) is 12.4. The number of carbonyl (C=O) groups is 1. The van der Waals surface area contributed by atoms with Crippen LogP contribution in [0, 0.1) is 5.82 Å². The molecule has 1 atom stereocenters. The fourth-order valence-electron chi connectivity index (χ4n) is 1.83. The first-order valence-electron chi connectivity index (χ1n) is 6.60. The van der Waals surface area contributed by atoms with Crippen molar-refractivity contribution in [3.8, 4) is 0 Å². The number of nitrogens with zero attached hydrogens (tertiary/aromatic N) is 1. The van der Waals surface area contributed by atoms with Gasteiger partial charge in [0, 0.05) is 13.6 Å². The van der Waals surface area contributed by atoms with Crippen LogP contribution in [0.2, 0.25) is 0 Å². The first-order valence-corrected chi connectivity index (χ1v) is 8.31. The van der Waals surface area contributed by atoms with E-state index in [4.69, 9.17) is 0 Å². The van der Waals surface area contributed by atoms with Crippen LogP contribution in [-0.4, -0.2) is 37.3 Å². The summed E-state index contributed by atoms with van der Waals surface area (Å²) in [6.45, 7) is 3.27. The third-order valence-electron chi connectivity index (χ3n) is 3.14. The van der Waals surface area contributed by atoms with Crippen LogP contribution in [0.15, 0.2) is 36.4 Å². The molecule has 0 saturated heterocycles. The Hall–Kier alpha value is -1.69. The molecule has 0 aliphatic heterocycles. The van der Waals surface area contributed by atoms with Crippen molar-refractivity contribution in [3.05, 3.63) is 47.8 Å². The van der Waals surface area contributed by atoms with Crippen LogP contribution in [0.1, 0.15) is 19.4 Å². The summed E-state index contributed by atoms with van der Waals surface area (Å²) in [7, 11) is -2.01. The van der Waals surface area contributed by atoms with Gasteiger partial charge in [0.1, 0.15) is 11.1 Å². The van der Waals surface area contributed by atoms with Gasteiger partial charge in [-0.2, -0.15) is 0 Å². The SMILES string of the molecule is CC=CCS(=O)(=O)C(C)C(=O)N(C)Cc1cccc(F)c1. The van der Waals surface area contributed by atoms with E-state index in [1.165, 1.54) is 37.1 Å². The van der Waals surface area contributed by atoms with Gasteiger partial charge in [0.05, 0.1) is 5.75 Å². The second-order valence-corrected chi connectivity index (χ2v) is 7.23. The van der Waals surface area contributed by atoms with Crippen molar-refractivity contribution in [3.63, 3.8) is 0 Å². The summed E-state index contributed by atoms with van der Waals surface area (Å²) in [6.07, 6.45) is 3.14. The molecular weight excluding hydrogens is 293 g/mol. The molecule has 0 aliphatic carbocycles. The highest BCUT2D eigenvalue weighted by atomic mass is 32.2. The Balaban J connectivity index is 2.78. The molecule has 0 aliphatic rings. The summed E-state index contributed by atoms with van der Waals surface area (Å²) in [6, 6.07) is 5.87. The summed E-state index contributed by atoms with van der Waals surface area (Å²) in [4.78, 5) is 13.5. The van der Waals surface area contributed by atoms with Crippen LogP contribution in [0.4, 0.5) is 4.39 Å². The van der Waals surface area contributed by atoms with Crippen molar-refractivity contribution >= 4 is 15.7 Å². The maximum absolute atomic E-state index is 13.1. The van der Waals surface area contributed by atoms with Gasteiger partial charge < -0.3 is 4.90 Å². The molecule has 116 valence electrons. The molecule has 1 rings (SSSR count). The Morgan fingerprint density at radius 1 is 1.43 bits per heavy atom. The third kappa shape index (κ3) is 4.97. The molecular formula is C15H20FNO3S. The first-order chi connectivity index (χ1) is 9.77. The quantitative estimate of drug-likeness (QED) is 0.756. The highest BCUT2D eigenvalue weighted by Crippen LogP contribution is 2.11. The Morgan fingerprint density at radius 2 is 2.10 bits per heavy atom. The number of carbonyl (C=O) groups excluding carboxylic acids is 1. The lowest BCUT2D eigenvalue weighted by molar-refractivity contribution is -0.129. The van der Waals surface area contributed by atoms with Gasteiger partial charge in [-0.3, -0.25) is 4.79 Å². The van der Waals surface area contributed by atoms with Crippen LogP contribution in [-0.2, 0) is 21.2 Å². The van der Waals surface area contributed by atoms with Crippen molar-refractivity contribution in [1.29, 1.82) is 0 Å². The highest BCUT2D eigenvalue weighted by Gasteiger charge is 2.29. The zero-order valence-corrected chi connectivity index (χ0v) is 13.2. The van der Waals surface area contributed by atoms with Gasteiger partial charge in [-0.1, -0.05) is 24.3 Å². The average Bonchev–Trinajstić information content (AvgIpc) is 2.43. The Kier molecular flexibility index (Phi) is 6.08. The van der Waals surface area contributed by atoms with E-state index in [9.17, 15) is 17.6 Å². The summed E-state index contributed by atoms with van der Waals surface area (Å²) in [5.41, 5.74) is 0.615. The monoisotopic (exact) mass is 313 g/mol. The average molecular weight is 313 g/mol. The maximum atomic E-state index is 13.1. The van der Waals surface area contributed by atoms with Gasteiger partial charge in [0.25, 0.3) is 0 Å². The van der Waals surface area contributed by atoms with Crippen LogP contribution in [0.25, 0.3) is 0 Å². The van der Waals surface area contributed by atoms with E-state index in [0.29, 0.717) is 5.56 Å². The van der Waals surface area contributed by atoms with Crippen LogP contribution < -0.4 is 0 Å². The van der Waals surface area contributed by atoms with E-state index in [1.54, 1.807) is 25.1 Å². The van der Waals surface area contributed by atoms with Crippen LogP contribution >= 0.6 is 0 Å². The number of halogens is 1. The minimum absolute atomic E-state index is 0.162. The second kappa shape index (κ2) is 7.36. The topological polar surface area (TPSA) is 54.5 Å². The molecule has 1 unspecified atom stereocenters. The molecule has 4 nitrogen and oxygen atoms in total. The van der Waals surface area contributed by atoms with Gasteiger partial charge in [-0.05, 0) is 31.5 Å². The molecule has 0 spiro atoms. The lowest BCUT2D eigenvalue weighted by Crippen LogP contribution is -2.39. The molecule has 6 heteroatoms. The summed E-state index contributed by atoms with van der Waals surface area (Å²) in [5.74, 6) is -1.05. The van der Waals surface area contributed by atoms with E-state index < -0.39 is 21.0 Å². The zero-order chi connectivity index (χ0) is 16.0. The van der Waals surface area contributed by atoms with E-state index in [0.717, 1.165) is 0 Å². The van der Waals surface area contributed by atoms with Crippen LogP contribution in [0.3, 0.4) is 0 Å². The largest absolute Gasteiger partial charge is 0.340 e. The number of hydrogen-bond donors (Lipinski definition) is 0. The minimum Gasteiger partial charge on any atom is -0.340 e. The normalized spacial score (nSPS) is 13.3. The van der Waals surface area contributed by atoms with Crippen molar-refractivity contribution in [1.82, 2.24) is 4.90 Å². The Morgan fingerprint density at radius 3 is 2.67 bits per heavy atom. The van der Waals surface area contributed by atoms with Crippen molar-refractivity contribution in [2.24, 2.45) is 0 Å². The molecule has 21 heavy (non-hydrogen) atoms. The number of sulfone groups is 1. The molecule has 1 aromatic rings. The Bertz CT molecular complexity index is 626. The molecule has 1 amide bonds. The minimum atomic E-state index is -3.52. The summed E-state index contributed by atoms with van der Waals surface area (Å²) < 4.78 is 37.1. The molecule has 0 saturated carbocycles. The van der Waals surface area contributed by atoms with Gasteiger partial charge in [0.2, 0.25) is 5.91 Å². The predicted octanol–water partition coefficient (Wildman–Crippen LogP) is 2.16. The van der Waals surface area contributed by atoms with Crippen LogP contribution in [0.5, 0.6) is 0 Å². The number of rotatable bonds is 6. The third-order valence-corrected chi connectivity index (χ3v) is 5.07. The number of allylic oxidation sites excluding steroid dienone is 1. The fraction of sp³-hybridized carbons (Fsp3) is 0.400. The van der Waals surface area contributed by atoms with Crippen molar-refractivity contribution in [2.45, 2.75) is 25.6 Å². The van der Waals surface area contributed by atoms with Gasteiger partial charge in [-0.25, -0.2) is 12.8 Å². The van der Waals surface area contributed by atoms with Gasteiger partial charge >= 0.3 is 0 Å². The Labute approximate surface area is 125 Å². The van der Waals surface area contributed by atoms with Gasteiger partial charge in [0.15, 0.2) is 9.84 Å². The molecule has 0 fully saturated rings. The van der Waals surface area contributed by atoms with E-state index in [-0.39, 0.29) is 18.1 Å². The standard InChI is InChI=1S/C15H20FNO3S/c1-4-5-9-21(19,20)12(2)15(18)17(3)11-13-7-6-8-14(16)10-13/h4-8,10,12H,9,11H2,1-3H3. The smallest absolute Gasteiger partial charge is 0.240 e. The fourth-order valence-corrected chi connectivity index (χ4v) is 3.06. The lowest BCUT2D eigenvalue weighted by atomic mass is 10.2. The molecule has 0 aromatic heterocycles.